The molecular weight excluding hydrogens is 298 g/mol. The van der Waals surface area contributed by atoms with Crippen LogP contribution in [0.15, 0.2) is 42.5 Å². The highest BCUT2D eigenvalue weighted by Crippen LogP contribution is 2.21. The number of aryl methyl sites for hydroxylation is 2. The van der Waals surface area contributed by atoms with E-state index in [0.717, 1.165) is 35.2 Å². The largest absolute Gasteiger partial charge is 0.322 e. The minimum Gasteiger partial charge on any atom is -0.322 e. The van der Waals surface area contributed by atoms with Crippen molar-refractivity contribution < 1.29 is 9.59 Å². The molecule has 1 amide bonds. The molecular formula is C21H25NO2. The predicted molar refractivity (Wildman–Crippen MR) is 98.7 cm³/mol. The van der Waals surface area contributed by atoms with Gasteiger partial charge in [0.05, 0.1) is 0 Å². The van der Waals surface area contributed by atoms with E-state index in [1.54, 1.807) is 6.07 Å². The molecule has 3 nitrogen and oxygen atoms in total. The summed E-state index contributed by atoms with van der Waals surface area (Å²) in [5.74, 6) is 0.0483. The van der Waals surface area contributed by atoms with Crippen LogP contribution in [-0.4, -0.2) is 11.7 Å². The number of benzene rings is 2. The fraction of sp³-hybridized carbons (Fsp3) is 0.333. The Morgan fingerprint density at radius 3 is 2.29 bits per heavy atom. The van der Waals surface area contributed by atoms with Crippen LogP contribution in [0.2, 0.25) is 0 Å². The van der Waals surface area contributed by atoms with E-state index in [1.807, 2.05) is 64.1 Å². The number of amides is 1. The monoisotopic (exact) mass is 323 g/mol. The van der Waals surface area contributed by atoms with Gasteiger partial charge in [-0.2, -0.15) is 0 Å². The summed E-state index contributed by atoms with van der Waals surface area (Å²) in [6.45, 7) is 7.98. The third-order valence-electron chi connectivity index (χ3n) is 4.38. The lowest BCUT2D eigenvalue weighted by Crippen LogP contribution is -2.15. The van der Waals surface area contributed by atoms with Crippen LogP contribution in [0.1, 0.15) is 59.0 Å². The van der Waals surface area contributed by atoms with Gasteiger partial charge in [0.25, 0.3) is 5.91 Å². The summed E-state index contributed by atoms with van der Waals surface area (Å²) < 4.78 is 0. The van der Waals surface area contributed by atoms with E-state index in [2.05, 4.69) is 5.32 Å². The quantitative estimate of drug-likeness (QED) is 0.757. The van der Waals surface area contributed by atoms with E-state index in [-0.39, 0.29) is 17.6 Å². The second-order valence-corrected chi connectivity index (χ2v) is 6.22. The Morgan fingerprint density at radius 1 is 1.04 bits per heavy atom. The summed E-state index contributed by atoms with van der Waals surface area (Å²) in [4.78, 5) is 24.8. The first-order valence-corrected chi connectivity index (χ1v) is 8.51. The first kappa shape index (κ1) is 17.9. The van der Waals surface area contributed by atoms with Crippen molar-refractivity contribution in [2.75, 3.05) is 5.32 Å². The highest BCUT2D eigenvalue weighted by Gasteiger charge is 2.17. The standard InChI is InChI=1S/C21H25NO2/c1-5-15(4)20(23)19-12-11-18(13-16(19)6-2)22-21(24)17-9-7-14(3)8-10-17/h7-13,15H,5-6H2,1-4H3,(H,22,24). The maximum absolute atomic E-state index is 12.5. The molecule has 0 bridgehead atoms. The maximum atomic E-state index is 12.5. The van der Waals surface area contributed by atoms with Crippen molar-refractivity contribution in [1.82, 2.24) is 0 Å². The number of carbonyl (C=O) groups excluding carboxylic acids is 2. The molecule has 2 aromatic rings. The molecule has 0 aliphatic carbocycles. The topological polar surface area (TPSA) is 46.2 Å². The third kappa shape index (κ3) is 4.10. The average molecular weight is 323 g/mol. The molecule has 0 heterocycles. The molecule has 0 aliphatic heterocycles. The van der Waals surface area contributed by atoms with E-state index in [4.69, 9.17) is 0 Å². The molecule has 3 heteroatoms. The first-order valence-electron chi connectivity index (χ1n) is 8.51. The first-order chi connectivity index (χ1) is 11.5. The second kappa shape index (κ2) is 7.91. The molecule has 1 unspecified atom stereocenters. The summed E-state index contributed by atoms with van der Waals surface area (Å²) in [7, 11) is 0. The number of ketones is 1. The number of hydrogen-bond donors (Lipinski definition) is 1. The van der Waals surface area contributed by atoms with E-state index >= 15 is 0 Å². The zero-order chi connectivity index (χ0) is 17.7. The van der Waals surface area contributed by atoms with Crippen molar-refractivity contribution in [3.63, 3.8) is 0 Å². The Bertz CT molecular complexity index is 732. The van der Waals surface area contributed by atoms with Gasteiger partial charge in [-0.25, -0.2) is 0 Å². The summed E-state index contributed by atoms with van der Waals surface area (Å²) in [6.07, 6.45) is 1.58. The van der Waals surface area contributed by atoms with Crippen LogP contribution in [0.5, 0.6) is 0 Å². The summed E-state index contributed by atoms with van der Waals surface area (Å²) in [5.41, 5.74) is 4.20. The molecule has 0 radical (unpaired) electrons. The van der Waals surface area contributed by atoms with Gasteiger partial charge in [0.2, 0.25) is 0 Å². The fourth-order valence-corrected chi connectivity index (χ4v) is 2.56. The number of Topliss-reactive ketones (excluding diaryl/α,β-unsaturated/α-hetero) is 1. The Labute approximate surface area is 144 Å². The Morgan fingerprint density at radius 2 is 1.71 bits per heavy atom. The van der Waals surface area contributed by atoms with Crippen LogP contribution in [0.4, 0.5) is 5.69 Å². The zero-order valence-corrected chi connectivity index (χ0v) is 14.8. The lowest BCUT2D eigenvalue weighted by Gasteiger charge is -2.14. The molecule has 1 N–H and O–H groups in total. The van der Waals surface area contributed by atoms with Crippen LogP contribution in [-0.2, 0) is 6.42 Å². The van der Waals surface area contributed by atoms with Gasteiger partial charge < -0.3 is 5.32 Å². The molecule has 126 valence electrons. The minimum atomic E-state index is -0.141. The molecule has 0 saturated heterocycles. The van der Waals surface area contributed by atoms with Crippen LogP contribution in [0, 0.1) is 12.8 Å². The smallest absolute Gasteiger partial charge is 0.255 e. The van der Waals surface area contributed by atoms with Crippen molar-refractivity contribution in [3.8, 4) is 0 Å². The summed E-state index contributed by atoms with van der Waals surface area (Å²) >= 11 is 0. The number of carbonyl (C=O) groups is 2. The summed E-state index contributed by atoms with van der Waals surface area (Å²) in [6, 6.07) is 13.0. The number of hydrogen-bond acceptors (Lipinski definition) is 2. The van der Waals surface area contributed by atoms with Gasteiger partial charge in [-0.15, -0.1) is 0 Å². The van der Waals surface area contributed by atoms with Crippen LogP contribution in [0.25, 0.3) is 0 Å². The van der Waals surface area contributed by atoms with E-state index in [1.165, 1.54) is 0 Å². The normalized spacial score (nSPS) is 11.8. The van der Waals surface area contributed by atoms with Crippen molar-refractivity contribution in [1.29, 1.82) is 0 Å². The molecule has 1 atom stereocenters. The zero-order valence-electron chi connectivity index (χ0n) is 14.8. The Hall–Kier alpha value is -2.42. The SMILES string of the molecule is CCc1cc(NC(=O)c2ccc(C)cc2)ccc1C(=O)C(C)CC. The average Bonchev–Trinajstić information content (AvgIpc) is 2.60. The number of nitrogens with one attached hydrogen (secondary N) is 1. The number of rotatable bonds is 6. The molecule has 2 rings (SSSR count). The maximum Gasteiger partial charge on any atom is 0.255 e. The van der Waals surface area contributed by atoms with Gasteiger partial charge >= 0.3 is 0 Å². The van der Waals surface area contributed by atoms with Crippen molar-refractivity contribution >= 4 is 17.4 Å². The Balaban J connectivity index is 2.21. The van der Waals surface area contributed by atoms with Gasteiger partial charge in [-0.1, -0.05) is 38.5 Å². The van der Waals surface area contributed by atoms with Crippen LogP contribution < -0.4 is 5.32 Å². The van der Waals surface area contributed by atoms with Gasteiger partial charge in [0, 0.05) is 22.7 Å². The van der Waals surface area contributed by atoms with Gasteiger partial charge in [0.15, 0.2) is 5.78 Å². The predicted octanol–water partition coefficient (Wildman–Crippen LogP) is 5.04. The van der Waals surface area contributed by atoms with E-state index < -0.39 is 0 Å². The molecule has 24 heavy (non-hydrogen) atoms. The molecule has 0 fully saturated rings. The highest BCUT2D eigenvalue weighted by molar-refractivity contribution is 6.05. The number of anilines is 1. The molecule has 0 saturated carbocycles. The van der Waals surface area contributed by atoms with Crippen LogP contribution >= 0.6 is 0 Å². The van der Waals surface area contributed by atoms with Gasteiger partial charge in [-0.05, 0) is 55.7 Å². The van der Waals surface area contributed by atoms with E-state index in [0.29, 0.717) is 5.56 Å². The lowest BCUT2D eigenvalue weighted by atomic mass is 9.92. The lowest BCUT2D eigenvalue weighted by molar-refractivity contribution is 0.0926. The minimum absolute atomic E-state index is 0.0169. The molecule has 0 spiro atoms. The van der Waals surface area contributed by atoms with Crippen molar-refractivity contribution in [3.05, 3.63) is 64.7 Å². The summed E-state index contributed by atoms with van der Waals surface area (Å²) in [5, 5.41) is 2.91. The van der Waals surface area contributed by atoms with Crippen LogP contribution in [0.3, 0.4) is 0 Å². The molecule has 0 aliphatic rings. The van der Waals surface area contributed by atoms with Gasteiger partial charge in [0.1, 0.15) is 0 Å². The van der Waals surface area contributed by atoms with Crippen molar-refractivity contribution in [2.24, 2.45) is 5.92 Å². The molecule has 0 aromatic heterocycles. The third-order valence-corrected chi connectivity index (χ3v) is 4.38. The second-order valence-electron chi connectivity index (χ2n) is 6.22. The fourth-order valence-electron chi connectivity index (χ4n) is 2.56. The van der Waals surface area contributed by atoms with E-state index in [9.17, 15) is 9.59 Å². The molecule has 2 aromatic carbocycles. The van der Waals surface area contributed by atoms with Gasteiger partial charge in [-0.3, -0.25) is 9.59 Å². The Kier molecular flexibility index (Phi) is 5.91. The van der Waals surface area contributed by atoms with Crippen molar-refractivity contribution in [2.45, 2.75) is 40.5 Å². The highest BCUT2D eigenvalue weighted by atomic mass is 16.1.